The molecule has 0 aliphatic rings. The number of aryl methyl sites for hydroxylation is 1. The van der Waals surface area contributed by atoms with E-state index < -0.39 is 10.0 Å². The van der Waals surface area contributed by atoms with E-state index in [0.717, 1.165) is 5.56 Å². The number of carbonyl (C=O) groups is 1. The Morgan fingerprint density at radius 3 is 2.10 bits per heavy atom. The first-order valence-electron chi connectivity index (χ1n) is 7.11. The molecule has 2 N–H and O–H groups in total. The molecular formula is C15H24N2O3S. The van der Waals surface area contributed by atoms with Gasteiger partial charge in [0.2, 0.25) is 15.9 Å². The van der Waals surface area contributed by atoms with Gasteiger partial charge in [-0.3, -0.25) is 4.79 Å². The molecule has 0 radical (unpaired) electrons. The molecule has 1 rings (SSSR count). The number of sulfonamides is 1. The lowest BCUT2D eigenvalue weighted by Gasteiger charge is -2.10. The van der Waals surface area contributed by atoms with Crippen molar-refractivity contribution in [3.63, 3.8) is 0 Å². The molecular weight excluding hydrogens is 288 g/mol. The van der Waals surface area contributed by atoms with Gasteiger partial charge in [0, 0.05) is 18.5 Å². The highest BCUT2D eigenvalue weighted by atomic mass is 32.2. The number of nitrogens with one attached hydrogen (secondary N) is 2. The fourth-order valence-corrected chi connectivity index (χ4v) is 3.12. The number of rotatable bonds is 7. The minimum Gasteiger partial charge on any atom is -0.354 e. The summed E-state index contributed by atoms with van der Waals surface area (Å²) in [5.41, 5.74) is 0.942. The molecule has 5 nitrogen and oxygen atoms in total. The number of benzene rings is 1. The van der Waals surface area contributed by atoms with E-state index in [1.54, 1.807) is 38.1 Å². The normalized spacial score (nSPS) is 11.9. The summed E-state index contributed by atoms with van der Waals surface area (Å²) in [5.74, 6) is 0.00294. The van der Waals surface area contributed by atoms with Crippen LogP contribution in [-0.4, -0.2) is 26.4 Å². The lowest BCUT2D eigenvalue weighted by atomic mass is 10.1. The van der Waals surface area contributed by atoms with Crippen molar-refractivity contribution in [3.8, 4) is 0 Å². The van der Waals surface area contributed by atoms with Gasteiger partial charge >= 0.3 is 0 Å². The van der Waals surface area contributed by atoms with Crippen molar-refractivity contribution in [3.05, 3.63) is 29.8 Å². The number of amides is 1. The minimum atomic E-state index is -3.45. The standard InChI is InChI=1S/C15H24N2O3S/c1-11(2)16-15(18)10-7-13-5-8-14(9-6-13)21(19,20)17-12(3)4/h5-6,8-9,11-12,17H,7,10H2,1-4H3,(H,16,18). The Morgan fingerprint density at radius 2 is 1.62 bits per heavy atom. The molecule has 0 heterocycles. The smallest absolute Gasteiger partial charge is 0.240 e. The molecule has 0 atom stereocenters. The Bertz CT molecular complexity index is 563. The molecule has 0 spiro atoms. The van der Waals surface area contributed by atoms with E-state index in [4.69, 9.17) is 0 Å². The summed E-state index contributed by atoms with van der Waals surface area (Å²) in [6.45, 7) is 7.39. The molecule has 21 heavy (non-hydrogen) atoms. The van der Waals surface area contributed by atoms with E-state index in [9.17, 15) is 13.2 Å². The molecule has 1 amide bonds. The van der Waals surface area contributed by atoms with Crippen LogP contribution in [0.2, 0.25) is 0 Å². The summed E-state index contributed by atoms with van der Waals surface area (Å²) in [6, 6.07) is 6.62. The van der Waals surface area contributed by atoms with Gasteiger partial charge in [-0.1, -0.05) is 12.1 Å². The molecule has 0 aromatic heterocycles. The Morgan fingerprint density at radius 1 is 1.05 bits per heavy atom. The van der Waals surface area contributed by atoms with Gasteiger partial charge in [-0.2, -0.15) is 0 Å². The van der Waals surface area contributed by atoms with Gasteiger partial charge in [0.1, 0.15) is 0 Å². The number of hydrogen-bond acceptors (Lipinski definition) is 3. The van der Waals surface area contributed by atoms with Crippen LogP contribution in [0.5, 0.6) is 0 Å². The SMILES string of the molecule is CC(C)NC(=O)CCc1ccc(S(=O)(=O)NC(C)C)cc1. The average Bonchev–Trinajstić information content (AvgIpc) is 2.34. The largest absolute Gasteiger partial charge is 0.354 e. The van der Waals surface area contributed by atoms with E-state index >= 15 is 0 Å². The molecule has 0 saturated heterocycles. The van der Waals surface area contributed by atoms with Crippen LogP contribution in [0.1, 0.15) is 39.7 Å². The lowest BCUT2D eigenvalue weighted by molar-refractivity contribution is -0.121. The van der Waals surface area contributed by atoms with Gasteiger partial charge in [0.15, 0.2) is 0 Å². The van der Waals surface area contributed by atoms with Crippen LogP contribution in [0.25, 0.3) is 0 Å². The quantitative estimate of drug-likeness (QED) is 0.806. The van der Waals surface area contributed by atoms with Gasteiger partial charge < -0.3 is 5.32 Å². The second kappa shape index (κ2) is 7.56. The average molecular weight is 312 g/mol. The van der Waals surface area contributed by atoms with Crippen LogP contribution in [0, 0.1) is 0 Å². The third-order valence-corrected chi connectivity index (χ3v) is 4.39. The minimum absolute atomic E-state index is 0.00294. The maximum Gasteiger partial charge on any atom is 0.240 e. The van der Waals surface area contributed by atoms with Crippen LogP contribution in [0.3, 0.4) is 0 Å². The molecule has 0 unspecified atom stereocenters. The maximum atomic E-state index is 12.0. The maximum absolute atomic E-state index is 12.0. The second-order valence-electron chi connectivity index (χ2n) is 5.64. The highest BCUT2D eigenvalue weighted by Gasteiger charge is 2.14. The van der Waals surface area contributed by atoms with E-state index in [-0.39, 0.29) is 22.9 Å². The monoisotopic (exact) mass is 312 g/mol. The predicted octanol–water partition coefficient (Wildman–Crippen LogP) is 1.83. The van der Waals surface area contributed by atoms with Crippen LogP contribution in [-0.2, 0) is 21.2 Å². The fourth-order valence-electron chi connectivity index (χ4n) is 1.87. The molecule has 6 heteroatoms. The van der Waals surface area contributed by atoms with Crippen LogP contribution < -0.4 is 10.0 Å². The Balaban J connectivity index is 2.64. The van der Waals surface area contributed by atoms with Gasteiger partial charge in [0.05, 0.1) is 4.90 Å². The Kier molecular flexibility index (Phi) is 6.36. The van der Waals surface area contributed by atoms with Crippen molar-refractivity contribution in [1.29, 1.82) is 0 Å². The van der Waals surface area contributed by atoms with E-state index in [0.29, 0.717) is 12.8 Å². The third-order valence-electron chi connectivity index (χ3n) is 2.71. The van der Waals surface area contributed by atoms with E-state index in [2.05, 4.69) is 10.0 Å². The third kappa shape index (κ3) is 6.27. The zero-order chi connectivity index (χ0) is 16.0. The molecule has 1 aromatic carbocycles. The van der Waals surface area contributed by atoms with Gasteiger partial charge in [-0.25, -0.2) is 13.1 Å². The van der Waals surface area contributed by atoms with Crippen molar-refractivity contribution in [1.82, 2.24) is 10.0 Å². The molecule has 0 aliphatic heterocycles. The summed E-state index contributed by atoms with van der Waals surface area (Å²) in [6.07, 6.45) is 0.991. The molecule has 0 bridgehead atoms. The second-order valence-corrected chi connectivity index (χ2v) is 7.36. The van der Waals surface area contributed by atoms with Crippen molar-refractivity contribution in [2.24, 2.45) is 0 Å². The van der Waals surface area contributed by atoms with Crippen LogP contribution in [0.15, 0.2) is 29.2 Å². The number of carbonyl (C=O) groups excluding carboxylic acids is 1. The predicted molar refractivity (Wildman–Crippen MR) is 83.5 cm³/mol. The summed E-state index contributed by atoms with van der Waals surface area (Å²) in [7, 11) is -3.45. The Labute approximate surface area is 127 Å². The van der Waals surface area contributed by atoms with Gasteiger partial charge in [-0.15, -0.1) is 0 Å². The summed E-state index contributed by atoms with van der Waals surface area (Å²) in [4.78, 5) is 11.8. The summed E-state index contributed by atoms with van der Waals surface area (Å²) in [5, 5.41) is 2.83. The van der Waals surface area contributed by atoms with Crippen molar-refractivity contribution in [2.75, 3.05) is 0 Å². The van der Waals surface area contributed by atoms with Gasteiger partial charge in [-0.05, 0) is 51.8 Å². The molecule has 0 fully saturated rings. The van der Waals surface area contributed by atoms with E-state index in [1.807, 2.05) is 13.8 Å². The highest BCUT2D eigenvalue weighted by molar-refractivity contribution is 7.89. The fraction of sp³-hybridized carbons (Fsp3) is 0.533. The van der Waals surface area contributed by atoms with Crippen LogP contribution >= 0.6 is 0 Å². The van der Waals surface area contributed by atoms with Gasteiger partial charge in [0.25, 0.3) is 0 Å². The van der Waals surface area contributed by atoms with Crippen molar-refractivity contribution < 1.29 is 13.2 Å². The van der Waals surface area contributed by atoms with Crippen LogP contribution in [0.4, 0.5) is 0 Å². The topological polar surface area (TPSA) is 75.3 Å². The molecule has 0 saturated carbocycles. The molecule has 0 aliphatic carbocycles. The zero-order valence-electron chi connectivity index (χ0n) is 13.0. The zero-order valence-corrected chi connectivity index (χ0v) is 13.8. The lowest BCUT2D eigenvalue weighted by Crippen LogP contribution is -2.30. The molecule has 118 valence electrons. The number of hydrogen-bond donors (Lipinski definition) is 2. The first kappa shape index (κ1) is 17.7. The van der Waals surface area contributed by atoms with Crippen molar-refractivity contribution in [2.45, 2.75) is 57.5 Å². The first-order chi connectivity index (χ1) is 9.70. The summed E-state index contributed by atoms with van der Waals surface area (Å²) < 4.78 is 26.5. The Hall–Kier alpha value is -1.40. The van der Waals surface area contributed by atoms with E-state index in [1.165, 1.54) is 0 Å². The highest BCUT2D eigenvalue weighted by Crippen LogP contribution is 2.12. The summed E-state index contributed by atoms with van der Waals surface area (Å²) >= 11 is 0. The first-order valence-corrected chi connectivity index (χ1v) is 8.59. The molecule has 1 aromatic rings. The van der Waals surface area contributed by atoms with Crippen molar-refractivity contribution >= 4 is 15.9 Å².